The van der Waals surface area contributed by atoms with Crippen molar-refractivity contribution in [3.8, 4) is 17.6 Å². The van der Waals surface area contributed by atoms with Crippen molar-refractivity contribution in [2.45, 2.75) is 39.2 Å². The van der Waals surface area contributed by atoms with Crippen molar-refractivity contribution < 1.29 is 9.47 Å². The zero-order valence-corrected chi connectivity index (χ0v) is 14.7. The summed E-state index contributed by atoms with van der Waals surface area (Å²) in [6.07, 6.45) is 6.14. The standard InChI is InChI=1S/C19H22N4O2/c1-3-25-17-12-14(8-9-16(17)24-2)11-15(13-20)19-22-21-18-7-5-4-6-10-23(18)19/h8-9,11-12H,3-7,10H2,1-2H3. The van der Waals surface area contributed by atoms with Crippen LogP contribution < -0.4 is 9.47 Å². The highest BCUT2D eigenvalue weighted by Gasteiger charge is 2.17. The lowest BCUT2D eigenvalue weighted by molar-refractivity contribution is 0.311. The van der Waals surface area contributed by atoms with Gasteiger partial charge in [-0.2, -0.15) is 5.26 Å². The summed E-state index contributed by atoms with van der Waals surface area (Å²) in [5.74, 6) is 2.96. The summed E-state index contributed by atoms with van der Waals surface area (Å²) < 4.78 is 13.0. The molecule has 0 radical (unpaired) electrons. The lowest BCUT2D eigenvalue weighted by atomic mass is 10.1. The lowest BCUT2D eigenvalue weighted by Gasteiger charge is -2.10. The topological polar surface area (TPSA) is 73.0 Å². The largest absolute Gasteiger partial charge is 0.493 e. The number of allylic oxidation sites excluding steroid dienone is 1. The van der Waals surface area contributed by atoms with Gasteiger partial charge in [-0.1, -0.05) is 12.5 Å². The average molecular weight is 338 g/mol. The number of nitriles is 1. The summed E-state index contributed by atoms with van der Waals surface area (Å²) >= 11 is 0. The molecule has 0 unspecified atom stereocenters. The molecule has 1 aromatic carbocycles. The highest BCUT2D eigenvalue weighted by molar-refractivity contribution is 5.87. The van der Waals surface area contributed by atoms with Crippen LogP contribution in [0.5, 0.6) is 11.5 Å². The molecule has 0 saturated carbocycles. The normalized spacial score (nSPS) is 14.4. The van der Waals surface area contributed by atoms with Gasteiger partial charge in [0.1, 0.15) is 11.9 Å². The van der Waals surface area contributed by atoms with Gasteiger partial charge in [0, 0.05) is 13.0 Å². The molecule has 1 aliphatic heterocycles. The molecule has 25 heavy (non-hydrogen) atoms. The molecule has 0 N–H and O–H groups in total. The van der Waals surface area contributed by atoms with Crippen LogP contribution in [0.1, 0.15) is 43.4 Å². The first-order valence-corrected chi connectivity index (χ1v) is 8.62. The Bertz CT molecular complexity index is 817. The van der Waals surface area contributed by atoms with E-state index in [4.69, 9.17) is 9.47 Å². The third kappa shape index (κ3) is 3.66. The smallest absolute Gasteiger partial charge is 0.174 e. The highest BCUT2D eigenvalue weighted by atomic mass is 16.5. The number of hydrogen-bond acceptors (Lipinski definition) is 5. The number of hydrogen-bond donors (Lipinski definition) is 0. The number of ether oxygens (including phenoxy) is 2. The van der Waals surface area contributed by atoms with E-state index in [0.717, 1.165) is 37.2 Å². The molecule has 1 aliphatic rings. The van der Waals surface area contributed by atoms with Crippen LogP contribution in [0.3, 0.4) is 0 Å². The highest BCUT2D eigenvalue weighted by Crippen LogP contribution is 2.30. The van der Waals surface area contributed by atoms with Crippen LogP contribution in [-0.4, -0.2) is 28.5 Å². The van der Waals surface area contributed by atoms with Crippen molar-refractivity contribution >= 4 is 11.6 Å². The Labute approximate surface area is 147 Å². The van der Waals surface area contributed by atoms with Gasteiger partial charge >= 0.3 is 0 Å². The molecule has 0 spiro atoms. The quantitative estimate of drug-likeness (QED) is 0.781. The minimum atomic E-state index is 0.508. The molecule has 0 aliphatic carbocycles. The van der Waals surface area contributed by atoms with E-state index in [9.17, 15) is 5.26 Å². The summed E-state index contributed by atoms with van der Waals surface area (Å²) in [6.45, 7) is 3.34. The van der Waals surface area contributed by atoms with Gasteiger partial charge in [-0.25, -0.2) is 0 Å². The number of nitrogens with zero attached hydrogens (tertiary/aromatic N) is 4. The Kier molecular flexibility index (Phi) is 5.34. The molecular weight excluding hydrogens is 316 g/mol. The first-order chi connectivity index (χ1) is 12.3. The Morgan fingerprint density at radius 1 is 1.28 bits per heavy atom. The van der Waals surface area contributed by atoms with E-state index >= 15 is 0 Å². The van der Waals surface area contributed by atoms with Crippen LogP contribution in [0, 0.1) is 11.3 Å². The fourth-order valence-corrected chi connectivity index (χ4v) is 3.05. The second-order valence-corrected chi connectivity index (χ2v) is 5.92. The van der Waals surface area contributed by atoms with Gasteiger partial charge in [-0.05, 0) is 43.5 Å². The molecular formula is C19H22N4O2. The maximum absolute atomic E-state index is 9.65. The van der Waals surface area contributed by atoms with Crippen LogP contribution in [0.4, 0.5) is 0 Å². The van der Waals surface area contributed by atoms with Gasteiger partial charge in [-0.15, -0.1) is 10.2 Å². The molecule has 2 aromatic rings. The fraction of sp³-hybridized carbons (Fsp3) is 0.421. The van der Waals surface area contributed by atoms with E-state index in [0.29, 0.717) is 29.5 Å². The maximum Gasteiger partial charge on any atom is 0.174 e. The minimum absolute atomic E-state index is 0.508. The Hall–Kier alpha value is -2.81. The minimum Gasteiger partial charge on any atom is -0.493 e. The SMILES string of the molecule is CCOc1cc(C=C(C#N)c2nnc3n2CCCCC3)ccc1OC. The second-order valence-electron chi connectivity index (χ2n) is 5.92. The molecule has 0 fully saturated rings. The summed E-state index contributed by atoms with van der Waals surface area (Å²) in [5.41, 5.74) is 1.38. The van der Waals surface area contributed by atoms with E-state index in [1.165, 1.54) is 6.42 Å². The number of rotatable bonds is 5. The maximum atomic E-state index is 9.65. The van der Waals surface area contributed by atoms with Crippen molar-refractivity contribution in [2.24, 2.45) is 0 Å². The summed E-state index contributed by atoms with van der Waals surface area (Å²) in [5, 5.41) is 18.2. The zero-order valence-electron chi connectivity index (χ0n) is 14.7. The third-order valence-corrected chi connectivity index (χ3v) is 4.27. The van der Waals surface area contributed by atoms with Crippen molar-refractivity contribution in [3.63, 3.8) is 0 Å². The Morgan fingerprint density at radius 3 is 2.92 bits per heavy atom. The van der Waals surface area contributed by atoms with Gasteiger partial charge in [0.15, 0.2) is 17.3 Å². The third-order valence-electron chi connectivity index (χ3n) is 4.27. The van der Waals surface area contributed by atoms with E-state index < -0.39 is 0 Å². The van der Waals surface area contributed by atoms with Crippen LogP contribution in [0.25, 0.3) is 11.6 Å². The molecule has 3 rings (SSSR count). The Balaban J connectivity index is 1.98. The molecule has 2 heterocycles. The molecule has 1 aromatic heterocycles. The molecule has 0 bridgehead atoms. The van der Waals surface area contributed by atoms with Crippen molar-refractivity contribution in [3.05, 3.63) is 35.4 Å². The molecule has 0 atom stereocenters. The predicted octanol–water partition coefficient (Wildman–Crippen LogP) is 3.48. The number of methoxy groups -OCH3 is 1. The summed E-state index contributed by atoms with van der Waals surface area (Å²) in [7, 11) is 1.61. The molecule has 6 nitrogen and oxygen atoms in total. The van der Waals surface area contributed by atoms with Crippen molar-refractivity contribution in [1.29, 1.82) is 5.26 Å². The van der Waals surface area contributed by atoms with E-state index in [-0.39, 0.29) is 0 Å². The monoisotopic (exact) mass is 338 g/mol. The average Bonchev–Trinajstić information content (AvgIpc) is 2.88. The number of benzene rings is 1. The van der Waals surface area contributed by atoms with Gasteiger partial charge < -0.3 is 14.0 Å². The first-order valence-electron chi connectivity index (χ1n) is 8.62. The van der Waals surface area contributed by atoms with Crippen LogP contribution in [-0.2, 0) is 13.0 Å². The van der Waals surface area contributed by atoms with Gasteiger partial charge in [0.05, 0.1) is 19.3 Å². The van der Waals surface area contributed by atoms with Gasteiger partial charge in [-0.3, -0.25) is 0 Å². The van der Waals surface area contributed by atoms with E-state index in [2.05, 4.69) is 20.8 Å². The summed E-state index contributed by atoms with van der Waals surface area (Å²) in [4.78, 5) is 0. The lowest BCUT2D eigenvalue weighted by Crippen LogP contribution is -2.05. The fourth-order valence-electron chi connectivity index (χ4n) is 3.05. The first kappa shape index (κ1) is 17.0. The number of fused-ring (bicyclic) bond motifs is 1. The van der Waals surface area contributed by atoms with Crippen molar-refractivity contribution in [2.75, 3.05) is 13.7 Å². The van der Waals surface area contributed by atoms with Crippen LogP contribution in [0.2, 0.25) is 0 Å². The zero-order chi connectivity index (χ0) is 17.6. The molecule has 0 saturated heterocycles. The van der Waals surface area contributed by atoms with Gasteiger partial charge in [0.25, 0.3) is 0 Å². The number of aromatic nitrogens is 3. The predicted molar refractivity (Wildman–Crippen MR) is 95.2 cm³/mol. The van der Waals surface area contributed by atoms with E-state index in [1.807, 2.05) is 31.2 Å². The van der Waals surface area contributed by atoms with Crippen molar-refractivity contribution in [1.82, 2.24) is 14.8 Å². The molecule has 130 valence electrons. The second kappa shape index (κ2) is 7.84. The molecule has 0 amide bonds. The van der Waals surface area contributed by atoms with E-state index in [1.54, 1.807) is 7.11 Å². The molecule has 6 heteroatoms. The number of aryl methyl sites for hydroxylation is 1. The van der Waals surface area contributed by atoms with Gasteiger partial charge in [0.2, 0.25) is 0 Å². The van der Waals surface area contributed by atoms with Crippen LogP contribution >= 0.6 is 0 Å². The van der Waals surface area contributed by atoms with Crippen LogP contribution in [0.15, 0.2) is 18.2 Å². The Morgan fingerprint density at radius 2 is 2.16 bits per heavy atom. The summed E-state index contributed by atoms with van der Waals surface area (Å²) in [6, 6.07) is 7.89.